The molecule has 0 bridgehead atoms. The number of nitrogens with one attached hydrogen (secondary N) is 1. The van der Waals surface area contributed by atoms with Crippen LogP contribution in [0.3, 0.4) is 0 Å². The molecule has 2 nitrogen and oxygen atoms in total. The van der Waals surface area contributed by atoms with E-state index in [1.165, 1.54) is 19.3 Å². The third-order valence-electron chi connectivity index (χ3n) is 3.28. The van der Waals surface area contributed by atoms with Gasteiger partial charge < -0.3 is 5.32 Å². The van der Waals surface area contributed by atoms with Crippen molar-refractivity contribution in [3.8, 4) is 0 Å². The summed E-state index contributed by atoms with van der Waals surface area (Å²) in [7, 11) is 0. The van der Waals surface area contributed by atoms with Crippen LogP contribution >= 0.6 is 11.6 Å². The number of carbonyl (C=O) groups is 1. The smallest absolute Gasteiger partial charge is 0.224 e. The van der Waals surface area contributed by atoms with Crippen LogP contribution in [0.25, 0.3) is 0 Å². The summed E-state index contributed by atoms with van der Waals surface area (Å²) in [5.74, 6) is 0.0880. The highest BCUT2D eigenvalue weighted by Crippen LogP contribution is 2.18. The number of benzene rings is 1. The van der Waals surface area contributed by atoms with Gasteiger partial charge in [0.1, 0.15) is 0 Å². The highest BCUT2D eigenvalue weighted by molar-refractivity contribution is 6.31. The standard InChI is InChI=1S/C14H18ClNO/c15-13-9-5-4-6-11(13)10-14(17)16-12-7-2-1-3-8-12/h4-6,9,12H,1-3,7-8,10H2,(H,16,17). The molecule has 92 valence electrons. The summed E-state index contributed by atoms with van der Waals surface area (Å²) >= 11 is 6.03. The molecule has 0 aliphatic heterocycles. The van der Waals surface area contributed by atoms with Crippen molar-refractivity contribution in [3.63, 3.8) is 0 Å². The van der Waals surface area contributed by atoms with Gasteiger partial charge in [-0.25, -0.2) is 0 Å². The maximum absolute atomic E-state index is 11.9. The van der Waals surface area contributed by atoms with E-state index in [-0.39, 0.29) is 5.91 Å². The Bertz CT molecular complexity index is 386. The van der Waals surface area contributed by atoms with E-state index >= 15 is 0 Å². The van der Waals surface area contributed by atoms with Crippen molar-refractivity contribution in [2.24, 2.45) is 0 Å². The first-order chi connectivity index (χ1) is 8.25. The minimum absolute atomic E-state index is 0.0880. The molecule has 2 rings (SSSR count). The molecule has 1 N–H and O–H groups in total. The summed E-state index contributed by atoms with van der Waals surface area (Å²) in [4.78, 5) is 11.9. The fraction of sp³-hybridized carbons (Fsp3) is 0.500. The van der Waals surface area contributed by atoms with Crippen molar-refractivity contribution in [2.45, 2.75) is 44.6 Å². The molecule has 0 unspecified atom stereocenters. The fourth-order valence-corrected chi connectivity index (χ4v) is 2.54. The Kier molecular flexibility index (Phi) is 4.43. The molecule has 1 fully saturated rings. The van der Waals surface area contributed by atoms with E-state index in [1.54, 1.807) is 0 Å². The minimum atomic E-state index is 0.0880. The maximum Gasteiger partial charge on any atom is 0.224 e. The largest absolute Gasteiger partial charge is 0.353 e. The highest BCUT2D eigenvalue weighted by Gasteiger charge is 2.16. The Labute approximate surface area is 107 Å². The monoisotopic (exact) mass is 251 g/mol. The lowest BCUT2D eigenvalue weighted by molar-refractivity contribution is -0.121. The van der Waals surface area contributed by atoms with Gasteiger partial charge in [-0.05, 0) is 24.5 Å². The van der Waals surface area contributed by atoms with Gasteiger partial charge in [-0.15, -0.1) is 0 Å². The molecule has 1 aromatic rings. The number of hydrogen-bond acceptors (Lipinski definition) is 1. The second kappa shape index (κ2) is 6.06. The molecule has 1 aliphatic rings. The highest BCUT2D eigenvalue weighted by atomic mass is 35.5. The normalized spacial score (nSPS) is 16.8. The zero-order chi connectivity index (χ0) is 12.1. The van der Waals surface area contributed by atoms with Gasteiger partial charge in [-0.3, -0.25) is 4.79 Å². The van der Waals surface area contributed by atoms with Crippen LogP contribution in [0.5, 0.6) is 0 Å². The van der Waals surface area contributed by atoms with Crippen LogP contribution in [0.1, 0.15) is 37.7 Å². The van der Waals surface area contributed by atoms with Gasteiger partial charge in [0.2, 0.25) is 5.91 Å². The van der Waals surface area contributed by atoms with Gasteiger partial charge in [0, 0.05) is 11.1 Å². The summed E-state index contributed by atoms with van der Waals surface area (Å²) in [5.41, 5.74) is 0.905. The van der Waals surface area contributed by atoms with Crippen molar-refractivity contribution in [3.05, 3.63) is 34.9 Å². The molecule has 0 heterocycles. The average Bonchev–Trinajstić information content (AvgIpc) is 2.33. The van der Waals surface area contributed by atoms with Crippen molar-refractivity contribution >= 4 is 17.5 Å². The first-order valence-corrected chi connectivity index (χ1v) is 6.66. The Morgan fingerprint density at radius 2 is 1.94 bits per heavy atom. The molecule has 0 saturated heterocycles. The molecule has 0 atom stereocenters. The van der Waals surface area contributed by atoms with Crippen molar-refractivity contribution in [1.29, 1.82) is 0 Å². The third kappa shape index (κ3) is 3.74. The molecule has 1 saturated carbocycles. The summed E-state index contributed by atoms with van der Waals surface area (Å²) in [6.45, 7) is 0. The molecular formula is C14H18ClNO. The minimum Gasteiger partial charge on any atom is -0.353 e. The van der Waals surface area contributed by atoms with E-state index in [0.717, 1.165) is 18.4 Å². The van der Waals surface area contributed by atoms with E-state index < -0.39 is 0 Å². The fourth-order valence-electron chi connectivity index (χ4n) is 2.34. The number of rotatable bonds is 3. The first-order valence-electron chi connectivity index (χ1n) is 6.28. The summed E-state index contributed by atoms with van der Waals surface area (Å²) < 4.78 is 0. The zero-order valence-electron chi connectivity index (χ0n) is 9.92. The molecule has 0 spiro atoms. The van der Waals surface area contributed by atoms with Crippen LogP contribution in [-0.4, -0.2) is 11.9 Å². The average molecular weight is 252 g/mol. The Balaban J connectivity index is 1.86. The van der Waals surface area contributed by atoms with Gasteiger partial charge in [-0.1, -0.05) is 49.1 Å². The number of amides is 1. The van der Waals surface area contributed by atoms with Crippen LogP contribution in [0.2, 0.25) is 5.02 Å². The van der Waals surface area contributed by atoms with E-state index in [0.29, 0.717) is 17.5 Å². The SMILES string of the molecule is O=C(Cc1ccccc1Cl)NC1CCCCC1. The maximum atomic E-state index is 11.9. The van der Waals surface area contributed by atoms with Crippen LogP contribution in [-0.2, 0) is 11.2 Å². The van der Waals surface area contributed by atoms with E-state index in [1.807, 2.05) is 24.3 Å². The van der Waals surface area contributed by atoms with Crippen molar-refractivity contribution in [2.75, 3.05) is 0 Å². The van der Waals surface area contributed by atoms with Gasteiger partial charge in [0.15, 0.2) is 0 Å². The predicted molar refractivity (Wildman–Crippen MR) is 70.2 cm³/mol. The molecule has 0 aromatic heterocycles. The van der Waals surface area contributed by atoms with Crippen LogP contribution in [0, 0.1) is 0 Å². The molecular weight excluding hydrogens is 234 g/mol. The second-order valence-electron chi connectivity index (χ2n) is 4.67. The van der Waals surface area contributed by atoms with Gasteiger partial charge in [0.05, 0.1) is 6.42 Å². The number of carbonyl (C=O) groups excluding carboxylic acids is 1. The van der Waals surface area contributed by atoms with Crippen molar-refractivity contribution < 1.29 is 4.79 Å². The molecule has 17 heavy (non-hydrogen) atoms. The van der Waals surface area contributed by atoms with E-state index in [4.69, 9.17) is 11.6 Å². The lowest BCUT2D eigenvalue weighted by Gasteiger charge is -2.22. The third-order valence-corrected chi connectivity index (χ3v) is 3.65. The van der Waals surface area contributed by atoms with E-state index in [2.05, 4.69) is 5.32 Å². The Morgan fingerprint density at radius 3 is 2.65 bits per heavy atom. The molecule has 3 heteroatoms. The van der Waals surface area contributed by atoms with Crippen molar-refractivity contribution in [1.82, 2.24) is 5.32 Å². The van der Waals surface area contributed by atoms with Crippen LogP contribution in [0.15, 0.2) is 24.3 Å². The Hall–Kier alpha value is -1.02. The number of halogens is 1. The first kappa shape index (κ1) is 12.4. The van der Waals surface area contributed by atoms with Crippen LogP contribution in [0.4, 0.5) is 0 Å². The topological polar surface area (TPSA) is 29.1 Å². The van der Waals surface area contributed by atoms with Gasteiger partial charge in [-0.2, -0.15) is 0 Å². The summed E-state index contributed by atoms with van der Waals surface area (Å²) in [5, 5.41) is 3.77. The quantitative estimate of drug-likeness (QED) is 0.877. The summed E-state index contributed by atoms with van der Waals surface area (Å²) in [6, 6.07) is 7.90. The lowest BCUT2D eigenvalue weighted by Crippen LogP contribution is -2.37. The van der Waals surface area contributed by atoms with Crippen LogP contribution < -0.4 is 5.32 Å². The molecule has 0 radical (unpaired) electrons. The zero-order valence-corrected chi connectivity index (χ0v) is 10.7. The summed E-state index contributed by atoms with van der Waals surface area (Å²) in [6.07, 6.45) is 6.39. The molecule has 1 aliphatic carbocycles. The van der Waals surface area contributed by atoms with E-state index in [9.17, 15) is 4.79 Å². The second-order valence-corrected chi connectivity index (χ2v) is 5.08. The predicted octanol–water partition coefficient (Wildman–Crippen LogP) is 3.33. The van der Waals surface area contributed by atoms with Gasteiger partial charge in [0.25, 0.3) is 0 Å². The molecule has 1 aromatic carbocycles. The Morgan fingerprint density at radius 1 is 1.24 bits per heavy atom. The lowest BCUT2D eigenvalue weighted by atomic mass is 9.95. The number of hydrogen-bond donors (Lipinski definition) is 1. The molecule has 1 amide bonds. The van der Waals surface area contributed by atoms with Gasteiger partial charge >= 0.3 is 0 Å².